The Bertz CT molecular complexity index is 262. The van der Waals surface area contributed by atoms with Crippen LogP contribution in [0.3, 0.4) is 0 Å². The monoisotopic (exact) mass is 241 g/mol. The molecule has 1 unspecified atom stereocenters. The predicted molar refractivity (Wildman–Crippen MR) is 66.5 cm³/mol. The van der Waals surface area contributed by atoms with Crippen LogP contribution >= 0.6 is 0 Å². The van der Waals surface area contributed by atoms with Gasteiger partial charge < -0.3 is 15.5 Å². The molecule has 0 aromatic heterocycles. The fraction of sp³-hybridized carbons (Fsp3) is 0.833. The summed E-state index contributed by atoms with van der Waals surface area (Å²) in [7, 11) is 3.37. The average molecular weight is 241 g/mol. The Kier molecular flexibility index (Phi) is 5.97. The van der Waals surface area contributed by atoms with Crippen LogP contribution in [-0.2, 0) is 9.59 Å². The summed E-state index contributed by atoms with van der Waals surface area (Å²) in [5, 5.41) is 5.86. The number of amides is 2. The van der Waals surface area contributed by atoms with Crippen LogP contribution in [0.2, 0.25) is 0 Å². The van der Waals surface area contributed by atoms with Crippen LogP contribution in [0.25, 0.3) is 0 Å². The van der Waals surface area contributed by atoms with E-state index in [4.69, 9.17) is 0 Å². The Morgan fingerprint density at radius 1 is 1.47 bits per heavy atom. The van der Waals surface area contributed by atoms with Crippen molar-refractivity contribution in [1.29, 1.82) is 0 Å². The van der Waals surface area contributed by atoms with Gasteiger partial charge in [0.1, 0.15) is 0 Å². The van der Waals surface area contributed by atoms with Gasteiger partial charge in [-0.05, 0) is 31.8 Å². The van der Waals surface area contributed by atoms with Crippen molar-refractivity contribution < 1.29 is 9.59 Å². The molecule has 0 radical (unpaired) electrons. The maximum atomic E-state index is 11.9. The van der Waals surface area contributed by atoms with E-state index in [-0.39, 0.29) is 11.8 Å². The summed E-state index contributed by atoms with van der Waals surface area (Å²) in [6, 6.07) is 0. The molecule has 5 nitrogen and oxygen atoms in total. The molecule has 0 aromatic carbocycles. The van der Waals surface area contributed by atoms with Gasteiger partial charge in [-0.2, -0.15) is 0 Å². The summed E-state index contributed by atoms with van der Waals surface area (Å²) in [6.07, 6.45) is 3.25. The van der Waals surface area contributed by atoms with Crippen LogP contribution < -0.4 is 10.6 Å². The van der Waals surface area contributed by atoms with Gasteiger partial charge in [-0.1, -0.05) is 0 Å². The van der Waals surface area contributed by atoms with E-state index in [9.17, 15) is 9.59 Å². The van der Waals surface area contributed by atoms with E-state index in [1.807, 2.05) is 0 Å². The molecule has 0 bridgehead atoms. The molecule has 0 aromatic rings. The molecule has 1 aliphatic rings. The molecule has 1 aliphatic heterocycles. The van der Waals surface area contributed by atoms with Gasteiger partial charge in [0.2, 0.25) is 11.8 Å². The quantitative estimate of drug-likeness (QED) is 0.710. The van der Waals surface area contributed by atoms with Crippen LogP contribution in [0.15, 0.2) is 0 Å². The van der Waals surface area contributed by atoms with Crippen molar-refractivity contribution in [3.05, 3.63) is 0 Å². The average Bonchev–Trinajstić information content (AvgIpc) is 2.36. The standard InChI is InChI=1S/C12H23N3O2/c1-13-11(16)5-7-15(2)12(17)8-10-4-3-6-14-9-10/h10,14H,3-9H2,1-2H3,(H,13,16). The fourth-order valence-electron chi connectivity index (χ4n) is 2.02. The number of hydrogen-bond acceptors (Lipinski definition) is 3. The number of nitrogens with one attached hydrogen (secondary N) is 2. The second-order valence-electron chi connectivity index (χ2n) is 4.65. The molecular formula is C12H23N3O2. The van der Waals surface area contributed by atoms with Gasteiger partial charge in [-0.3, -0.25) is 9.59 Å². The highest BCUT2D eigenvalue weighted by Crippen LogP contribution is 2.14. The Morgan fingerprint density at radius 2 is 2.24 bits per heavy atom. The van der Waals surface area contributed by atoms with Crippen molar-refractivity contribution >= 4 is 11.8 Å². The molecule has 1 fully saturated rings. The van der Waals surface area contributed by atoms with Crippen LogP contribution in [-0.4, -0.2) is 50.4 Å². The molecule has 98 valence electrons. The highest BCUT2D eigenvalue weighted by molar-refractivity contribution is 5.78. The highest BCUT2D eigenvalue weighted by Gasteiger charge is 2.19. The van der Waals surface area contributed by atoms with E-state index in [1.54, 1.807) is 19.0 Å². The van der Waals surface area contributed by atoms with E-state index >= 15 is 0 Å². The molecule has 5 heteroatoms. The molecule has 1 rings (SSSR count). The normalized spacial score (nSPS) is 19.8. The van der Waals surface area contributed by atoms with Gasteiger partial charge in [0.25, 0.3) is 0 Å². The second kappa shape index (κ2) is 7.27. The molecule has 2 N–H and O–H groups in total. The third-order valence-corrected chi connectivity index (χ3v) is 3.24. The first-order valence-electron chi connectivity index (χ1n) is 6.28. The first-order chi connectivity index (χ1) is 8.13. The van der Waals surface area contributed by atoms with E-state index < -0.39 is 0 Å². The van der Waals surface area contributed by atoms with Gasteiger partial charge in [-0.15, -0.1) is 0 Å². The van der Waals surface area contributed by atoms with Crippen molar-refractivity contribution in [3.8, 4) is 0 Å². The number of piperidine rings is 1. The van der Waals surface area contributed by atoms with E-state index in [0.29, 0.717) is 25.3 Å². The number of carbonyl (C=O) groups is 2. The van der Waals surface area contributed by atoms with Crippen molar-refractivity contribution in [3.63, 3.8) is 0 Å². The molecular weight excluding hydrogens is 218 g/mol. The molecule has 1 saturated heterocycles. The van der Waals surface area contributed by atoms with Gasteiger partial charge in [0.05, 0.1) is 0 Å². The summed E-state index contributed by atoms with van der Waals surface area (Å²) in [6.45, 7) is 2.50. The van der Waals surface area contributed by atoms with Crippen molar-refractivity contribution in [2.75, 3.05) is 33.7 Å². The zero-order chi connectivity index (χ0) is 12.7. The summed E-state index contributed by atoms with van der Waals surface area (Å²) < 4.78 is 0. The summed E-state index contributed by atoms with van der Waals surface area (Å²) in [5.41, 5.74) is 0. The lowest BCUT2D eigenvalue weighted by molar-refractivity contribution is -0.131. The Labute approximate surface area is 103 Å². The summed E-state index contributed by atoms with van der Waals surface area (Å²) >= 11 is 0. The van der Waals surface area contributed by atoms with Gasteiger partial charge in [0, 0.05) is 33.5 Å². The van der Waals surface area contributed by atoms with E-state index in [1.165, 1.54) is 0 Å². The van der Waals surface area contributed by atoms with Gasteiger partial charge in [-0.25, -0.2) is 0 Å². The lowest BCUT2D eigenvalue weighted by Crippen LogP contribution is -2.36. The molecule has 1 heterocycles. The lowest BCUT2D eigenvalue weighted by Gasteiger charge is -2.24. The van der Waals surface area contributed by atoms with Crippen molar-refractivity contribution in [2.24, 2.45) is 5.92 Å². The van der Waals surface area contributed by atoms with Crippen molar-refractivity contribution in [2.45, 2.75) is 25.7 Å². The Morgan fingerprint density at radius 3 is 2.82 bits per heavy atom. The number of carbonyl (C=O) groups excluding carboxylic acids is 2. The summed E-state index contributed by atoms with van der Waals surface area (Å²) in [5.74, 6) is 0.574. The number of rotatable bonds is 5. The third-order valence-electron chi connectivity index (χ3n) is 3.24. The van der Waals surface area contributed by atoms with Crippen LogP contribution in [0, 0.1) is 5.92 Å². The second-order valence-corrected chi connectivity index (χ2v) is 4.65. The largest absolute Gasteiger partial charge is 0.359 e. The zero-order valence-corrected chi connectivity index (χ0v) is 10.8. The maximum absolute atomic E-state index is 11.9. The number of hydrogen-bond donors (Lipinski definition) is 2. The topological polar surface area (TPSA) is 61.4 Å². The maximum Gasteiger partial charge on any atom is 0.222 e. The van der Waals surface area contributed by atoms with Crippen LogP contribution in [0.5, 0.6) is 0 Å². The fourth-order valence-corrected chi connectivity index (χ4v) is 2.02. The molecule has 0 aliphatic carbocycles. The van der Waals surface area contributed by atoms with E-state index in [0.717, 1.165) is 25.9 Å². The van der Waals surface area contributed by atoms with Crippen LogP contribution in [0.4, 0.5) is 0 Å². The zero-order valence-electron chi connectivity index (χ0n) is 10.8. The molecule has 2 amide bonds. The molecule has 1 atom stereocenters. The highest BCUT2D eigenvalue weighted by atomic mass is 16.2. The number of nitrogens with zero attached hydrogens (tertiary/aromatic N) is 1. The van der Waals surface area contributed by atoms with Gasteiger partial charge >= 0.3 is 0 Å². The SMILES string of the molecule is CNC(=O)CCN(C)C(=O)CC1CCCNC1. The van der Waals surface area contributed by atoms with Crippen LogP contribution in [0.1, 0.15) is 25.7 Å². The van der Waals surface area contributed by atoms with E-state index in [2.05, 4.69) is 10.6 Å². The smallest absolute Gasteiger partial charge is 0.222 e. The first kappa shape index (κ1) is 14.0. The first-order valence-corrected chi connectivity index (χ1v) is 6.28. The molecule has 0 saturated carbocycles. The minimum absolute atomic E-state index is 0.0241. The third kappa shape index (κ3) is 5.17. The minimum atomic E-state index is -0.0241. The van der Waals surface area contributed by atoms with Crippen molar-refractivity contribution in [1.82, 2.24) is 15.5 Å². The summed E-state index contributed by atoms with van der Waals surface area (Å²) in [4.78, 5) is 24.6. The predicted octanol–water partition coefficient (Wildman–Crippen LogP) is -0.0294. The van der Waals surface area contributed by atoms with Gasteiger partial charge in [0.15, 0.2) is 0 Å². The minimum Gasteiger partial charge on any atom is -0.359 e. The molecule has 17 heavy (non-hydrogen) atoms. The Hall–Kier alpha value is -1.10. The Balaban J connectivity index is 2.23. The molecule has 0 spiro atoms. The lowest BCUT2D eigenvalue weighted by atomic mass is 9.95.